The lowest BCUT2D eigenvalue weighted by Gasteiger charge is -2.38. The number of fused-ring (bicyclic) bond motifs is 1. The smallest absolute Gasteiger partial charge is 0.451 e. The number of carbonyl (C=O) groups is 4. The standard InChI is InChI=1S/C40H52FN3O11/c1-22-33(54-39(49)52-22)21-51-37(47)32-19-26-18-27(12-15-31(26)53-32)42-35(45)34-29(23-10-13-28(50-5)14-11-23)16-17-44(34)36(46)25-8-6-24(7-9-25)30(20-41)43-38(48)55-40(2,3)4/h12,15,18-19,23-25,28-30,34H,6-11,13-14,16-17,20-21H2,1-5H3,(H,42,45)(H,43,48)/t23?,24?,25?,28?,29-,30+,34+/m0/s1. The summed E-state index contributed by atoms with van der Waals surface area (Å²) in [7, 11) is 1.72. The zero-order chi connectivity index (χ0) is 39.4. The van der Waals surface area contributed by atoms with E-state index < -0.39 is 42.2 Å². The highest BCUT2D eigenvalue weighted by Crippen LogP contribution is 2.42. The number of ether oxygens (including phenoxy) is 3. The Hall–Kier alpha value is -4.66. The van der Waals surface area contributed by atoms with E-state index in [0.29, 0.717) is 55.3 Å². The third kappa shape index (κ3) is 9.60. The van der Waals surface area contributed by atoms with E-state index in [1.165, 1.54) is 13.0 Å². The van der Waals surface area contributed by atoms with Gasteiger partial charge >= 0.3 is 17.9 Å². The summed E-state index contributed by atoms with van der Waals surface area (Å²) in [4.78, 5) is 66.7. The Kier molecular flexibility index (Phi) is 12.4. The Balaban J connectivity index is 1.13. The maximum atomic E-state index is 14.3. The number of benzene rings is 1. The molecule has 2 saturated carbocycles. The number of alkyl carbamates (subject to hydrolysis) is 1. The van der Waals surface area contributed by atoms with Crippen molar-refractivity contribution < 1.29 is 51.0 Å². The van der Waals surface area contributed by atoms with Crippen molar-refractivity contribution in [2.75, 3.05) is 25.6 Å². The van der Waals surface area contributed by atoms with Gasteiger partial charge in [-0.1, -0.05) is 0 Å². The highest BCUT2D eigenvalue weighted by Gasteiger charge is 2.47. The number of hydrogen-bond donors (Lipinski definition) is 2. The van der Waals surface area contributed by atoms with Gasteiger partial charge in [0.1, 0.15) is 23.9 Å². The van der Waals surface area contributed by atoms with Crippen molar-refractivity contribution in [2.45, 2.75) is 116 Å². The normalized spacial score (nSPS) is 25.0. The zero-order valence-corrected chi connectivity index (χ0v) is 32.2. The fraction of sp³-hybridized carbons (Fsp3) is 0.625. The number of esters is 1. The minimum atomic E-state index is -0.890. The molecule has 0 radical (unpaired) electrons. The second-order valence-electron chi connectivity index (χ2n) is 16.1. The summed E-state index contributed by atoms with van der Waals surface area (Å²) in [6.07, 6.45) is 6.03. The summed E-state index contributed by atoms with van der Waals surface area (Å²) < 4.78 is 45.7. The third-order valence-electron chi connectivity index (χ3n) is 11.4. The van der Waals surface area contributed by atoms with Gasteiger partial charge in [0.15, 0.2) is 18.1 Å². The van der Waals surface area contributed by atoms with Crippen LogP contribution >= 0.6 is 0 Å². The summed E-state index contributed by atoms with van der Waals surface area (Å²) in [6, 6.07) is 5.13. The lowest BCUT2D eigenvalue weighted by Crippen LogP contribution is -2.50. The first-order valence-electron chi connectivity index (χ1n) is 19.2. The summed E-state index contributed by atoms with van der Waals surface area (Å²) >= 11 is 0. The summed E-state index contributed by atoms with van der Waals surface area (Å²) in [5.74, 6) is -2.01. The van der Waals surface area contributed by atoms with E-state index in [-0.39, 0.29) is 65.5 Å². The Morgan fingerprint density at radius 2 is 1.69 bits per heavy atom. The van der Waals surface area contributed by atoms with Gasteiger partial charge in [-0.25, -0.2) is 18.8 Å². The molecule has 0 unspecified atom stereocenters. The van der Waals surface area contributed by atoms with Gasteiger partial charge in [-0.2, -0.15) is 0 Å². The second kappa shape index (κ2) is 17.0. The molecule has 1 aromatic carbocycles. The Labute approximate surface area is 318 Å². The number of nitrogens with one attached hydrogen (secondary N) is 2. The van der Waals surface area contributed by atoms with E-state index in [1.807, 2.05) is 0 Å². The molecule has 1 aliphatic heterocycles. The van der Waals surface area contributed by atoms with E-state index in [4.69, 9.17) is 27.5 Å². The molecule has 0 spiro atoms. The SMILES string of the molecule is COC1CCC([C@@H]2CCN(C(=O)C3CCC([C@@H](CF)NC(=O)OC(C)(C)C)CC3)[C@H]2C(=O)Nc2ccc3oc(C(=O)OCc4oc(=O)oc4C)cc3c2)CC1. The lowest BCUT2D eigenvalue weighted by atomic mass is 9.75. The van der Waals surface area contributed by atoms with Gasteiger partial charge in [0.05, 0.1) is 12.1 Å². The molecule has 14 nitrogen and oxygen atoms in total. The van der Waals surface area contributed by atoms with Crippen molar-refractivity contribution in [1.29, 1.82) is 0 Å². The molecule has 3 aromatic rings. The van der Waals surface area contributed by atoms with Crippen LogP contribution < -0.4 is 16.5 Å². The number of amides is 3. The molecule has 6 rings (SSSR count). The predicted molar refractivity (Wildman–Crippen MR) is 197 cm³/mol. The van der Waals surface area contributed by atoms with Gasteiger partial charge in [0.25, 0.3) is 0 Å². The number of alkyl halides is 1. The number of halogens is 1. The van der Waals surface area contributed by atoms with E-state index in [0.717, 1.165) is 25.7 Å². The van der Waals surface area contributed by atoms with Crippen LogP contribution in [0.2, 0.25) is 0 Å². The number of carbonyl (C=O) groups excluding carboxylic acids is 4. The second-order valence-corrected chi connectivity index (χ2v) is 16.1. The van der Waals surface area contributed by atoms with Crippen LogP contribution in [0.3, 0.4) is 0 Å². The van der Waals surface area contributed by atoms with Crippen LogP contribution in [-0.4, -0.2) is 72.9 Å². The summed E-state index contributed by atoms with van der Waals surface area (Å²) in [5.41, 5.74) is 0.170. The Morgan fingerprint density at radius 1 is 0.964 bits per heavy atom. The highest BCUT2D eigenvalue weighted by molar-refractivity contribution is 6.00. The summed E-state index contributed by atoms with van der Waals surface area (Å²) in [5, 5.41) is 6.28. The molecule has 1 saturated heterocycles. The van der Waals surface area contributed by atoms with E-state index in [1.54, 1.807) is 51.0 Å². The molecule has 3 aliphatic rings. The first-order chi connectivity index (χ1) is 26.2. The molecular formula is C40H52FN3O11. The maximum Gasteiger partial charge on any atom is 0.519 e. The Bertz CT molecular complexity index is 1890. The van der Waals surface area contributed by atoms with Crippen LogP contribution in [0, 0.1) is 30.6 Å². The molecule has 55 heavy (non-hydrogen) atoms. The van der Waals surface area contributed by atoms with E-state index >= 15 is 0 Å². The van der Waals surface area contributed by atoms with Crippen molar-refractivity contribution >= 4 is 40.5 Å². The topological polar surface area (TPSA) is 180 Å². The first kappa shape index (κ1) is 40.0. The van der Waals surface area contributed by atoms with Crippen LogP contribution in [0.5, 0.6) is 0 Å². The number of likely N-dealkylation sites (tertiary alicyclic amines) is 1. The fourth-order valence-corrected chi connectivity index (χ4v) is 8.54. The van der Waals surface area contributed by atoms with Gasteiger partial charge in [-0.05, 0) is 128 Å². The van der Waals surface area contributed by atoms with Gasteiger partial charge < -0.3 is 43.0 Å². The van der Waals surface area contributed by atoms with Gasteiger partial charge in [0.2, 0.25) is 17.6 Å². The van der Waals surface area contributed by atoms with E-state index in [2.05, 4.69) is 10.6 Å². The number of furan rings is 1. The number of anilines is 1. The van der Waals surface area contributed by atoms with Crippen molar-refractivity contribution in [2.24, 2.45) is 23.7 Å². The quantitative estimate of drug-likeness (QED) is 0.199. The van der Waals surface area contributed by atoms with Gasteiger partial charge in [-0.3, -0.25) is 9.59 Å². The lowest BCUT2D eigenvalue weighted by molar-refractivity contribution is -0.142. The van der Waals surface area contributed by atoms with Crippen LogP contribution in [-0.2, 0) is 30.4 Å². The van der Waals surface area contributed by atoms with Crippen molar-refractivity contribution in [3.63, 3.8) is 0 Å². The molecule has 3 heterocycles. The van der Waals surface area contributed by atoms with Crippen LogP contribution in [0.1, 0.15) is 101 Å². The van der Waals surface area contributed by atoms with Crippen LogP contribution in [0.15, 0.2) is 42.3 Å². The largest absolute Gasteiger partial charge is 0.519 e. The van der Waals surface area contributed by atoms with Crippen LogP contribution in [0.25, 0.3) is 11.0 Å². The number of nitrogens with zero attached hydrogens (tertiary/aromatic N) is 1. The predicted octanol–water partition coefficient (Wildman–Crippen LogP) is 6.67. The molecule has 3 fully saturated rings. The average Bonchev–Trinajstić information content (AvgIpc) is 3.88. The highest BCUT2D eigenvalue weighted by atomic mass is 19.1. The number of methoxy groups -OCH3 is 1. The van der Waals surface area contributed by atoms with Gasteiger partial charge in [0, 0.05) is 30.6 Å². The minimum Gasteiger partial charge on any atom is -0.451 e. The van der Waals surface area contributed by atoms with Gasteiger partial charge in [-0.15, -0.1) is 0 Å². The molecule has 2 N–H and O–H groups in total. The molecule has 300 valence electrons. The minimum absolute atomic E-state index is 0.0330. The molecule has 3 atom stereocenters. The number of rotatable bonds is 11. The molecule has 15 heteroatoms. The average molecular weight is 770 g/mol. The summed E-state index contributed by atoms with van der Waals surface area (Å²) in [6.45, 7) is 6.19. The molecule has 2 aromatic heterocycles. The van der Waals surface area contributed by atoms with Crippen molar-refractivity contribution in [1.82, 2.24) is 10.2 Å². The Morgan fingerprint density at radius 3 is 2.33 bits per heavy atom. The molecule has 3 amide bonds. The number of hydrogen-bond acceptors (Lipinski definition) is 11. The first-order valence-corrected chi connectivity index (χ1v) is 19.2. The molecular weight excluding hydrogens is 717 g/mol. The third-order valence-corrected chi connectivity index (χ3v) is 11.4. The maximum absolute atomic E-state index is 14.3. The zero-order valence-electron chi connectivity index (χ0n) is 32.2. The fourth-order valence-electron chi connectivity index (χ4n) is 8.54. The monoisotopic (exact) mass is 769 g/mol. The van der Waals surface area contributed by atoms with Crippen LogP contribution in [0.4, 0.5) is 14.9 Å². The molecule has 2 aliphatic carbocycles. The van der Waals surface area contributed by atoms with Crippen molar-refractivity contribution in [3.8, 4) is 0 Å². The number of aryl methyl sites for hydroxylation is 1. The van der Waals surface area contributed by atoms with E-state index in [9.17, 15) is 28.4 Å². The molecule has 0 bridgehead atoms. The van der Waals surface area contributed by atoms with Crippen molar-refractivity contribution in [3.05, 3.63) is 52.2 Å².